The Morgan fingerprint density at radius 2 is 1.76 bits per heavy atom. The molecular formula is C11H8Cl2N2O2. The molecule has 0 unspecified atom stereocenters. The maximum absolute atomic E-state index is 10.4. The van der Waals surface area contributed by atoms with E-state index < -0.39 is 5.97 Å². The van der Waals surface area contributed by atoms with Gasteiger partial charge in [0.2, 0.25) is 0 Å². The standard InChI is InChI=1S/C6H3Cl2NO2.C5H5N/c7-3-1-2-4(8)9-5(3)6(10)11;1-2-4-6-5-3-1/h1-2H,(H,10,11);1-5H. The SMILES string of the molecule is O=C(O)c1nc(Cl)ccc1Cl.c1ccncc1. The Bertz CT molecular complexity index is 465. The van der Waals surface area contributed by atoms with E-state index >= 15 is 0 Å². The van der Waals surface area contributed by atoms with E-state index in [0.717, 1.165) is 0 Å². The molecule has 0 aliphatic heterocycles. The van der Waals surface area contributed by atoms with Crippen LogP contribution in [0.15, 0.2) is 42.7 Å². The lowest BCUT2D eigenvalue weighted by Gasteiger charge is -1.96. The number of hydrogen-bond acceptors (Lipinski definition) is 3. The van der Waals surface area contributed by atoms with Crippen molar-refractivity contribution in [2.75, 3.05) is 0 Å². The first-order chi connectivity index (χ1) is 8.11. The molecule has 0 saturated heterocycles. The van der Waals surface area contributed by atoms with Crippen molar-refractivity contribution in [1.29, 1.82) is 0 Å². The van der Waals surface area contributed by atoms with E-state index in [1.807, 2.05) is 18.2 Å². The highest BCUT2D eigenvalue weighted by atomic mass is 35.5. The first kappa shape index (κ1) is 13.4. The smallest absolute Gasteiger partial charge is 0.356 e. The van der Waals surface area contributed by atoms with Gasteiger partial charge in [0.05, 0.1) is 5.02 Å². The first-order valence-corrected chi connectivity index (χ1v) is 5.27. The van der Waals surface area contributed by atoms with Crippen LogP contribution in [0.25, 0.3) is 0 Å². The van der Waals surface area contributed by atoms with Gasteiger partial charge in [-0.25, -0.2) is 9.78 Å². The molecule has 0 amide bonds. The second kappa shape index (κ2) is 6.83. The molecule has 0 aliphatic carbocycles. The van der Waals surface area contributed by atoms with Gasteiger partial charge >= 0.3 is 5.97 Å². The number of pyridine rings is 2. The van der Waals surface area contributed by atoms with E-state index in [0.29, 0.717) is 0 Å². The Kier molecular flexibility index (Phi) is 5.39. The molecule has 0 radical (unpaired) electrons. The summed E-state index contributed by atoms with van der Waals surface area (Å²) in [6.45, 7) is 0. The van der Waals surface area contributed by atoms with Crippen molar-refractivity contribution in [2.45, 2.75) is 0 Å². The zero-order valence-corrected chi connectivity index (χ0v) is 10.1. The maximum atomic E-state index is 10.4. The van der Waals surface area contributed by atoms with Crippen LogP contribution in [0.3, 0.4) is 0 Å². The monoisotopic (exact) mass is 270 g/mol. The highest BCUT2D eigenvalue weighted by Gasteiger charge is 2.09. The normalized spacial score (nSPS) is 9.06. The van der Waals surface area contributed by atoms with Crippen LogP contribution in [-0.4, -0.2) is 21.0 Å². The van der Waals surface area contributed by atoms with Crippen molar-refractivity contribution in [2.24, 2.45) is 0 Å². The van der Waals surface area contributed by atoms with Crippen LogP contribution in [0.2, 0.25) is 10.2 Å². The van der Waals surface area contributed by atoms with Gasteiger partial charge in [0.15, 0.2) is 5.69 Å². The third-order valence-corrected chi connectivity index (χ3v) is 2.10. The fourth-order valence-electron chi connectivity index (χ4n) is 0.881. The minimum absolute atomic E-state index is 0.0851. The summed E-state index contributed by atoms with van der Waals surface area (Å²) in [7, 11) is 0. The molecule has 2 rings (SSSR count). The molecule has 1 N–H and O–H groups in total. The lowest BCUT2D eigenvalue weighted by atomic mass is 10.3. The van der Waals surface area contributed by atoms with Crippen molar-refractivity contribution >= 4 is 29.2 Å². The number of halogens is 2. The average Bonchev–Trinajstić information content (AvgIpc) is 2.35. The van der Waals surface area contributed by atoms with Gasteiger partial charge in [-0.3, -0.25) is 4.98 Å². The van der Waals surface area contributed by atoms with E-state index in [1.165, 1.54) is 12.1 Å². The third kappa shape index (κ3) is 4.80. The van der Waals surface area contributed by atoms with E-state index in [2.05, 4.69) is 9.97 Å². The lowest BCUT2D eigenvalue weighted by molar-refractivity contribution is 0.0690. The van der Waals surface area contributed by atoms with Crippen molar-refractivity contribution in [1.82, 2.24) is 9.97 Å². The molecule has 0 saturated carbocycles. The van der Waals surface area contributed by atoms with Crippen LogP contribution < -0.4 is 0 Å². The van der Waals surface area contributed by atoms with Gasteiger partial charge in [0, 0.05) is 12.4 Å². The quantitative estimate of drug-likeness (QED) is 0.809. The van der Waals surface area contributed by atoms with E-state index in [1.54, 1.807) is 12.4 Å². The van der Waals surface area contributed by atoms with Crippen LogP contribution in [0, 0.1) is 0 Å². The molecule has 0 aromatic carbocycles. The Balaban J connectivity index is 0.000000202. The summed E-state index contributed by atoms with van der Waals surface area (Å²) in [5.74, 6) is -1.18. The van der Waals surface area contributed by atoms with Gasteiger partial charge in [-0.15, -0.1) is 0 Å². The summed E-state index contributed by atoms with van der Waals surface area (Å²) < 4.78 is 0. The highest BCUT2D eigenvalue weighted by Crippen LogP contribution is 2.16. The Labute approximate surface area is 108 Å². The molecule has 2 aromatic heterocycles. The van der Waals surface area contributed by atoms with Gasteiger partial charge in [-0.05, 0) is 24.3 Å². The first-order valence-electron chi connectivity index (χ1n) is 4.51. The van der Waals surface area contributed by atoms with Crippen LogP contribution in [0.1, 0.15) is 10.5 Å². The van der Waals surface area contributed by atoms with Crippen molar-refractivity contribution in [3.63, 3.8) is 0 Å². The van der Waals surface area contributed by atoms with Crippen LogP contribution in [0.4, 0.5) is 0 Å². The number of hydrogen-bond donors (Lipinski definition) is 1. The molecule has 2 heterocycles. The van der Waals surface area contributed by atoms with Gasteiger partial charge in [-0.1, -0.05) is 29.3 Å². The van der Waals surface area contributed by atoms with E-state index in [4.69, 9.17) is 28.3 Å². The molecule has 0 spiro atoms. The zero-order chi connectivity index (χ0) is 12.7. The molecule has 0 bridgehead atoms. The number of carboxylic acid groups (broad SMARTS) is 1. The van der Waals surface area contributed by atoms with Crippen LogP contribution in [-0.2, 0) is 0 Å². The minimum atomic E-state index is -1.18. The van der Waals surface area contributed by atoms with Gasteiger partial charge in [0.1, 0.15) is 5.15 Å². The predicted octanol–water partition coefficient (Wildman–Crippen LogP) is 3.17. The van der Waals surface area contributed by atoms with Crippen LogP contribution in [0.5, 0.6) is 0 Å². The molecule has 17 heavy (non-hydrogen) atoms. The summed E-state index contributed by atoms with van der Waals surface area (Å²) in [6.07, 6.45) is 3.50. The summed E-state index contributed by atoms with van der Waals surface area (Å²) >= 11 is 10.9. The molecule has 0 aliphatic rings. The Morgan fingerprint density at radius 3 is 2.12 bits per heavy atom. The fraction of sp³-hybridized carbons (Fsp3) is 0. The van der Waals surface area contributed by atoms with Crippen molar-refractivity contribution in [3.05, 3.63) is 58.6 Å². The van der Waals surface area contributed by atoms with Crippen LogP contribution >= 0.6 is 23.2 Å². The summed E-state index contributed by atoms with van der Waals surface area (Å²) in [5, 5.41) is 8.69. The summed E-state index contributed by atoms with van der Waals surface area (Å²) in [6, 6.07) is 8.53. The predicted molar refractivity (Wildman–Crippen MR) is 65.5 cm³/mol. The summed E-state index contributed by atoms with van der Waals surface area (Å²) in [5.41, 5.74) is -0.223. The number of carboxylic acids is 1. The number of aromatic nitrogens is 2. The molecule has 0 fully saturated rings. The lowest BCUT2D eigenvalue weighted by Crippen LogP contribution is -2.00. The van der Waals surface area contributed by atoms with E-state index in [-0.39, 0.29) is 15.9 Å². The Morgan fingerprint density at radius 1 is 1.12 bits per heavy atom. The molecule has 0 atom stereocenters. The topological polar surface area (TPSA) is 63.1 Å². The summed E-state index contributed by atoms with van der Waals surface area (Å²) in [4.78, 5) is 17.7. The number of rotatable bonds is 1. The highest BCUT2D eigenvalue weighted by molar-refractivity contribution is 6.34. The van der Waals surface area contributed by atoms with Gasteiger partial charge in [0.25, 0.3) is 0 Å². The van der Waals surface area contributed by atoms with Crippen molar-refractivity contribution < 1.29 is 9.90 Å². The molecule has 88 valence electrons. The number of aromatic carboxylic acids is 1. The zero-order valence-electron chi connectivity index (χ0n) is 8.55. The van der Waals surface area contributed by atoms with E-state index in [9.17, 15) is 4.79 Å². The number of carbonyl (C=O) groups is 1. The Hall–Kier alpha value is -1.65. The largest absolute Gasteiger partial charge is 0.476 e. The number of nitrogens with zero attached hydrogens (tertiary/aromatic N) is 2. The maximum Gasteiger partial charge on any atom is 0.356 e. The fourth-order valence-corrected chi connectivity index (χ4v) is 1.21. The average molecular weight is 271 g/mol. The second-order valence-electron chi connectivity index (χ2n) is 2.79. The molecule has 4 nitrogen and oxygen atoms in total. The second-order valence-corrected chi connectivity index (χ2v) is 3.59. The van der Waals surface area contributed by atoms with Crippen molar-refractivity contribution in [3.8, 4) is 0 Å². The van der Waals surface area contributed by atoms with Gasteiger partial charge in [-0.2, -0.15) is 0 Å². The van der Waals surface area contributed by atoms with Gasteiger partial charge < -0.3 is 5.11 Å². The molecule has 6 heteroatoms. The third-order valence-electron chi connectivity index (χ3n) is 1.58. The molecule has 2 aromatic rings. The minimum Gasteiger partial charge on any atom is -0.476 e. The molecular weight excluding hydrogens is 263 g/mol.